The Morgan fingerprint density at radius 2 is 1.64 bits per heavy atom. The third kappa shape index (κ3) is 9.21. The van der Waals surface area contributed by atoms with Crippen LogP contribution in [0.15, 0.2) is 30.3 Å². The van der Waals surface area contributed by atoms with Gasteiger partial charge in [0.25, 0.3) is 0 Å². The van der Waals surface area contributed by atoms with Crippen molar-refractivity contribution in [1.82, 2.24) is 0 Å². The number of benzene rings is 1. The highest BCUT2D eigenvalue weighted by Crippen LogP contribution is 2.00. The molecule has 5 heteroatoms. The highest BCUT2D eigenvalue weighted by molar-refractivity contribution is 6.30. The highest BCUT2D eigenvalue weighted by atomic mass is 16.5. The molecule has 5 N–H and O–H groups in total. The van der Waals surface area contributed by atoms with E-state index in [1.165, 1.54) is 5.56 Å². The molecule has 1 aromatic rings. The van der Waals surface area contributed by atoms with Gasteiger partial charge in [-0.3, -0.25) is 0 Å². The van der Waals surface area contributed by atoms with E-state index >= 15 is 0 Å². The maximum atomic E-state index is 7.17. The fraction of sp³-hybridized carbons (Fsp3) is 0.333. The zero-order chi connectivity index (χ0) is 11.0. The molecule has 0 bridgehead atoms. The summed E-state index contributed by atoms with van der Waals surface area (Å²) in [6, 6.07) is 10.6. The van der Waals surface area contributed by atoms with E-state index in [0.29, 0.717) is 0 Å². The van der Waals surface area contributed by atoms with Gasteiger partial charge in [-0.05, 0) is 18.9 Å². The van der Waals surface area contributed by atoms with Gasteiger partial charge in [-0.1, -0.05) is 30.3 Å². The summed E-state index contributed by atoms with van der Waals surface area (Å²) in [6.07, 6.45) is 0.973. The summed E-state index contributed by atoms with van der Waals surface area (Å²) < 4.78 is 0. The smallest absolute Gasteiger partial charge is 0.402 e. The van der Waals surface area contributed by atoms with E-state index in [0.717, 1.165) is 6.42 Å². The van der Waals surface area contributed by atoms with Gasteiger partial charge in [-0.25, -0.2) is 0 Å². The summed E-state index contributed by atoms with van der Waals surface area (Å²) in [7, 11) is -2.17. The van der Waals surface area contributed by atoms with Crippen LogP contribution in [-0.2, 0) is 6.42 Å². The molecule has 0 amide bonds. The summed E-state index contributed by atoms with van der Waals surface area (Å²) in [6.45, 7) is 2.02. The van der Waals surface area contributed by atoms with Crippen LogP contribution < -0.4 is 5.73 Å². The number of hydrogen-bond acceptors (Lipinski definition) is 4. The molecule has 0 heterocycles. The summed E-state index contributed by atoms with van der Waals surface area (Å²) in [4.78, 5) is 0. The van der Waals surface area contributed by atoms with E-state index in [1.807, 2.05) is 25.1 Å². The van der Waals surface area contributed by atoms with Crippen molar-refractivity contribution in [3.8, 4) is 0 Å². The number of rotatable bonds is 2. The minimum atomic E-state index is -2.17. The summed E-state index contributed by atoms with van der Waals surface area (Å²) in [5.41, 5.74) is 6.94. The first-order valence-corrected chi connectivity index (χ1v) is 4.36. The second-order valence-electron chi connectivity index (χ2n) is 3.01. The average molecular weight is 197 g/mol. The molecule has 78 valence electrons. The lowest BCUT2D eigenvalue weighted by Gasteiger charge is -2.02. The highest BCUT2D eigenvalue weighted by Gasteiger charge is 1.94. The van der Waals surface area contributed by atoms with Gasteiger partial charge in [-0.2, -0.15) is 0 Å². The largest absolute Gasteiger partial charge is 0.631 e. The van der Waals surface area contributed by atoms with Crippen LogP contribution in [0.4, 0.5) is 0 Å². The van der Waals surface area contributed by atoms with E-state index < -0.39 is 7.32 Å². The molecular weight excluding hydrogens is 181 g/mol. The predicted octanol–water partition coefficient (Wildman–Crippen LogP) is -0.475. The molecule has 0 radical (unpaired) electrons. The summed E-state index contributed by atoms with van der Waals surface area (Å²) in [5.74, 6) is 0. The van der Waals surface area contributed by atoms with Gasteiger partial charge in [0.2, 0.25) is 0 Å². The Bertz CT molecular complexity index is 226. The van der Waals surface area contributed by atoms with Crippen LogP contribution in [0.2, 0.25) is 0 Å². The fourth-order valence-electron chi connectivity index (χ4n) is 0.986. The molecule has 14 heavy (non-hydrogen) atoms. The third-order valence-electron chi connectivity index (χ3n) is 1.40. The molecule has 0 aliphatic heterocycles. The average Bonchev–Trinajstić information content (AvgIpc) is 2.03. The molecule has 0 aliphatic rings. The molecule has 1 atom stereocenters. The van der Waals surface area contributed by atoms with Gasteiger partial charge in [-0.15, -0.1) is 0 Å². The molecule has 4 nitrogen and oxygen atoms in total. The molecule has 1 rings (SSSR count). The van der Waals surface area contributed by atoms with Gasteiger partial charge in [0.15, 0.2) is 0 Å². The van der Waals surface area contributed by atoms with Crippen molar-refractivity contribution in [1.29, 1.82) is 0 Å². The summed E-state index contributed by atoms with van der Waals surface area (Å²) in [5, 5.41) is 21.5. The standard InChI is InChI=1S/C9H13N.BH3O3/c1-8(10)7-9-5-3-2-4-6-9;2-1(3)4/h2-6,8H,7,10H2,1H3;2-4H. The zero-order valence-corrected chi connectivity index (χ0v) is 8.17. The molecular formula is C9H16BNO3. The molecule has 0 spiro atoms. The monoisotopic (exact) mass is 197 g/mol. The summed E-state index contributed by atoms with van der Waals surface area (Å²) >= 11 is 0. The molecule has 0 saturated heterocycles. The molecule has 0 aliphatic carbocycles. The van der Waals surface area contributed by atoms with Crippen LogP contribution in [0.1, 0.15) is 12.5 Å². The Labute approximate surface area is 84.2 Å². The van der Waals surface area contributed by atoms with E-state index in [4.69, 9.17) is 20.8 Å². The second kappa shape index (κ2) is 7.52. The fourth-order valence-corrected chi connectivity index (χ4v) is 0.986. The van der Waals surface area contributed by atoms with Crippen molar-refractivity contribution < 1.29 is 15.1 Å². The van der Waals surface area contributed by atoms with Crippen LogP contribution in [0.3, 0.4) is 0 Å². The number of hydrogen-bond donors (Lipinski definition) is 4. The van der Waals surface area contributed by atoms with Crippen LogP contribution in [0.5, 0.6) is 0 Å². The first-order chi connectivity index (χ1) is 6.52. The van der Waals surface area contributed by atoms with E-state index in [9.17, 15) is 0 Å². The molecule has 0 saturated carbocycles. The Balaban J connectivity index is 0.000000364. The Hall–Kier alpha value is -0.875. The van der Waals surface area contributed by atoms with Gasteiger partial charge in [0.05, 0.1) is 0 Å². The minimum Gasteiger partial charge on any atom is -0.402 e. The van der Waals surface area contributed by atoms with E-state index in [1.54, 1.807) is 0 Å². The molecule has 0 aromatic heterocycles. The van der Waals surface area contributed by atoms with Gasteiger partial charge in [0, 0.05) is 6.04 Å². The van der Waals surface area contributed by atoms with Crippen LogP contribution >= 0.6 is 0 Å². The van der Waals surface area contributed by atoms with E-state index in [-0.39, 0.29) is 6.04 Å². The van der Waals surface area contributed by atoms with Crippen molar-refractivity contribution in [3.05, 3.63) is 35.9 Å². The molecule has 0 fully saturated rings. The van der Waals surface area contributed by atoms with Crippen LogP contribution in [0.25, 0.3) is 0 Å². The normalized spacial score (nSPS) is 11.2. The van der Waals surface area contributed by atoms with E-state index in [2.05, 4.69) is 12.1 Å². The lowest BCUT2D eigenvalue weighted by atomic mass is 10.1. The lowest BCUT2D eigenvalue weighted by molar-refractivity contribution is 0.278. The van der Waals surface area contributed by atoms with Crippen molar-refractivity contribution in [3.63, 3.8) is 0 Å². The second-order valence-corrected chi connectivity index (χ2v) is 3.01. The van der Waals surface area contributed by atoms with Crippen molar-refractivity contribution in [2.75, 3.05) is 0 Å². The van der Waals surface area contributed by atoms with Crippen molar-refractivity contribution in [2.45, 2.75) is 19.4 Å². The van der Waals surface area contributed by atoms with Gasteiger partial charge in [0.1, 0.15) is 0 Å². The quantitative estimate of drug-likeness (QED) is 0.482. The Kier molecular flexibility index (Phi) is 7.05. The van der Waals surface area contributed by atoms with Crippen molar-refractivity contribution in [2.24, 2.45) is 5.73 Å². The number of nitrogens with two attached hydrogens (primary N) is 1. The Morgan fingerprint density at radius 1 is 1.21 bits per heavy atom. The van der Waals surface area contributed by atoms with Crippen LogP contribution in [-0.4, -0.2) is 28.4 Å². The minimum absolute atomic E-state index is 0.266. The van der Waals surface area contributed by atoms with Gasteiger partial charge >= 0.3 is 7.32 Å². The molecule has 1 unspecified atom stereocenters. The lowest BCUT2D eigenvalue weighted by Crippen LogP contribution is -2.17. The first-order valence-electron chi connectivity index (χ1n) is 4.36. The van der Waals surface area contributed by atoms with Crippen LogP contribution in [0, 0.1) is 0 Å². The first kappa shape index (κ1) is 13.1. The zero-order valence-electron chi connectivity index (χ0n) is 8.17. The molecule has 1 aromatic carbocycles. The SMILES string of the molecule is CC(N)Cc1ccccc1.OB(O)O. The van der Waals surface area contributed by atoms with Gasteiger partial charge < -0.3 is 20.8 Å². The maximum absolute atomic E-state index is 7.17. The maximum Gasteiger partial charge on any atom is 0.631 e. The Morgan fingerprint density at radius 3 is 2.00 bits per heavy atom. The third-order valence-corrected chi connectivity index (χ3v) is 1.40. The van der Waals surface area contributed by atoms with Crippen molar-refractivity contribution >= 4 is 7.32 Å². The topological polar surface area (TPSA) is 86.7 Å². The predicted molar refractivity (Wildman–Crippen MR) is 56.2 cm³/mol.